The number of nitrogens with one attached hydrogen (secondary N) is 2. The number of benzene rings is 4. The second-order valence-corrected chi connectivity index (χ2v) is 20.4. The number of nitrogens with zero attached hydrogens (tertiary/aromatic N) is 9. The summed E-state index contributed by atoms with van der Waals surface area (Å²) in [5.74, 6) is -0.104. The Morgan fingerprint density at radius 1 is 0.623 bits per heavy atom. The van der Waals surface area contributed by atoms with E-state index in [1.165, 1.54) is 28.9 Å². The van der Waals surface area contributed by atoms with Crippen LogP contribution in [0.25, 0.3) is 28.5 Å². The number of carbonyl (C=O) groups is 2. The molecule has 7 aromatic rings. The molecule has 18 nitrogen and oxygen atoms in total. The average Bonchev–Trinajstić information content (AvgIpc) is 3.96. The van der Waals surface area contributed by atoms with E-state index in [2.05, 4.69) is 35.8 Å². The van der Waals surface area contributed by atoms with Gasteiger partial charge in [-0.25, -0.2) is 23.4 Å². The van der Waals surface area contributed by atoms with Gasteiger partial charge in [0.15, 0.2) is 0 Å². The highest BCUT2D eigenvalue weighted by atomic mass is 32.2. The Bertz CT molecular complexity index is 3430. The fourth-order valence-electron chi connectivity index (χ4n) is 7.96. The number of ether oxygens (including phenoxy) is 2. The van der Waals surface area contributed by atoms with Gasteiger partial charge in [-0.1, -0.05) is 29.5 Å². The van der Waals surface area contributed by atoms with Crippen LogP contribution in [0.15, 0.2) is 108 Å². The number of hydrogen-bond acceptors (Lipinski definition) is 15. The van der Waals surface area contributed by atoms with Crippen LogP contribution in [0.3, 0.4) is 0 Å². The van der Waals surface area contributed by atoms with E-state index < -0.39 is 50.7 Å². The van der Waals surface area contributed by atoms with Crippen LogP contribution in [0, 0.1) is 13.8 Å². The average molecular weight is 1090 g/mol. The Kier molecular flexibility index (Phi) is 16.1. The van der Waals surface area contributed by atoms with E-state index >= 15 is 0 Å². The molecular weight excluding hydrogens is 1040 g/mol. The van der Waals surface area contributed by atoms with Crippen LogP contribution in [0.2, 0.25) is 0 Å². The molecule has 2 amide bonds. The van der Waals surface area contributed by atoms with Crippen LogP contribution in [-0.2, 0) is 37.3 Å². The summed E-state index contributed by atoms with van der Waals surface area (Å²) in [5, 5.41) is 23.5. The number of anilines is 4. The molecule has 4 aromatic carbocycles. The number of alkyl halides is 6. The van der Waals surface area contributed by atoms with Gasteiger partial charge in [-0.2, -0.15) is 36.0 Å². The maximum absolute atomic E-state index is 13.1. The monoisotopic (exact) mass is 1090 g/mol. The molecule has 0 saturated carbocycles. The Balaban J connectivity index is 0.000000205. The SMILES string of the molecule is Cc1ccc(NC(=O)c2cccc(C(F)(F)F)c2)cc1-c1cc(N2CCOCC2)nc(-n2cc(C(C)(C)O)nn2)n1.Cc1ccc(NC(=O)c2cccc(C(F)(F)F)c2)cc1-c1cc(N2CCOCC2)nc(S(C)(=O)=O)n1. The summed E-state index contributed by atoms with van der Waals surface area (Å²) in [4.78, 5) is 47.4. The Morgan fingerprint density at radius 2 is 1.08 bits per heavy atom. The van der Waals surface area contributed by atoms with E-state index in [1.54, 1.807) is 69.4 Å². The lowest BCUT2D eigenvalue weighted by Crippen LogP contribution is -2.37. The van der Waals surface area contributed by atoms with Gasteiger partial charge in [0, 0.05) is 78.2 Å². The third-order valence-corrected chi connectivity index (χ3v) is 13.0. The van der Waals surface area contributed by atoms with Crippen molar-refractivity contribution in [3.63, 3.8) is 0 Å². The first kappa shape index (κ1) is 55.4. The molecule has 0 bridgehead atoms. The number of amides is 2. The normalized spacial score (nSPS) is 14.4. The van der Waals surface area contributed by atoms with Gasteiger partial charge >= 0.3 is 12.4 Å². The van der Waals surface area contributed by atoms with E-state index in [9.17, 15) is 49.5 Å². The van der Waals surface area contributed by atoms with Crippen molar-refractivity contribution < 1.29 is 58.9 Å². The fourth-order valence-corrected chi connectivity index (χ4v) is 8.48. The van der Waals surface area contributed by atoms with Gasteiger partial charge in [0.2, 0.25) is 15.0 Å². The van der Waals surface area contributed by atoms with E-state index in [-0.39, 0.29) is 22.2 Å². The van der Waals surface area contributed by atoms with Crippen molar-refractivity contribution in [1.82, 2.24) is 34.9 Å². The van der Waals surface area contributed by atoms with Gasteiger partial charge in [0.05, 0.1) is 55.1 Å². The number of aliphatic hydroxyl groups is 1. The largest absolute Gasteiger partial charge is 0.416 e. The highest BCUT2D eigenvalue weighted by molar-refractivity contribution is 7.90. The van der Waals surface area contributed by atoms with Crippen molar-refractivity contribution in [3.05, 3.63) is 142 Å². The van der Waals surface area contributed by atoms with E-state index in [4.69, 9.17) is 19.4 Å². The van der Waals surface area contributed by atoms with Crippen LogP contribution < -0.4 is 20.4 Å². The topological polar surface area (TPSA) is 220 Å². The highest BCUT2D eigenvalue weighted by Crippen LogP contribution is 2.34. The molecule has 77 heavy (non-hydrogen) atoms. The number of aryl methyl sites for hydroxylation is 2. The van der Waals surface area contributed by atoms with Crippen molar-refractivity contribution in [3.8, 4) is 28.5 Å². The molecule has 0 spiro atoms. The Morgan fingerprint density at radius 3 is 1.51 bits per heavy atom. The molecule has 0 radical (unpaired) electrons. The minimum atomic E-state index is -4.57. The molecular formula is C52H51F6N11O7S. The third-order valence-electron chi connectivity index (χ3n) is 12.2. The lowest BCUT2D eigenvalue weighted by Gasteiger charge is -2.28. The van der Waals surface area contributed by atoms with Gasteiger partial charge in [-0.05, 0) is 99.5 Å². The van der Waals surface area contributed by atoms with Crippen LogP contribution >= 0.6 is 0 Å². The summed E-state index contributed by atoms with van der Waals surface area (Å²) < 4.78 is 115. The van der Waals surface area contributed by atoms with E-state index in [0.717, 1.165) is 41.6 Å². The molecule has 0 atom stereocenters. The smallest absolute Gasteiger partial charge is 0.384 e. The van der Waals surface area contributed by atoms with Crippen molar-refractivity contribution in [1.29, 1.82) is 0 Å². The number of morpholine rings is 2. The zero-order valence-electron chi connectivity index (χ0n) is 42.1. The first-order valence-corrected chi connectivity index (χ1v) is 25.7. The van der Waals surface area contributed by atoms with E-state index in [0.29, 0.717) is 104 Å². The lowest BCUT2D eigenvalue weighted by atomic mass is 10.0. The first-order chi connectivity index (χ1) is 36.3. The fraction of sp³-hybridized carbons (Fsp3) is 0.308. The predicted molar refractivity (Wildman–Crippen MR) is 273 cm³/mol. The first-order valence-electron chi connectivity index (χ1n) is 23.8. The van der Waals surface area contributed by atoms with Gasteiger partial charge in [-0.15, -0.1) is 5.10 Å². The number of aromatic nitrogens is 7. The van der Waals surface area contributed by atoms with Crippen LogP contribution in [0.4, 0.5) is 49.4 Å². The molecule has 0 aliphatic carbocycles. The molecule has 9 rings (SSSR count). The molecule has 3 aromatic heterocycles. The Labute approximate surface area is 438 Å². The van der Waals surface area contributed by atoms with Crippen molar-refractivity contribution >= 4 is 44.7 Å². The zero-order chi connectivity index (χ0) is 55.5. The summed E-state index contributed by atoms with van der Waals surface area (Å²) >= 11 is 0. The molecule has 2 aliphatic rings. The maximum atomic E-state index is 13.1. The number of hydrogen-bond donors (Lipinski definition) is 3. The second kappa shape index (κ2) is 22.4. The van der Waals surface area contributed by atoms with E-state index in [1.807, 2.05) is 17.9 Å². The van der Waals surface area contributed by atoms with Gasteiger partial charge in [0.25, 0.3) is 17.8 Å². The summed E-state index contributed by atoms with van der Waals surface area (Å²) in [6.07, 6.45) is -6.56. The van der Waals surface area contributed by atoms with Crippen molar-refractivity contribution in [2.75, 3.05) is 79.3 Å². The maximum Gasteiger partial charge on any atom is 0.416 e. The molecule has 404 valence electrons. The number of sulfone groups is 1. The Hall–Kier alpha value is -7.87. The summed E-state index contributed by atoms with van der Waals surface area (Å²) in [6.45, 7) is 11.2. The number of carbonyl (C=O) groups excluding carboxylic acids is 2. The van der Waals surface area contributed by atoms with Gasteiger partial charge in [-0.3, -0.25) is 9.59 Å². The van der Waals surface area contributed by atoms with Crippen molar-refractivity contribution in [2.24, 2.45) is 0 Å². The third kappa shape index (κ3) is 13.8. The summed E-state index contributed by atoms with van der Waals surface area (Å²) in [7, 11) is -3.73. The quantitative estimate of drug-likeness (QED) is 0.0819. The molecule has 2 aliphatic heterocycles. The van der Waals surface area contributed by atoms with Crippen molar-refractivity contribution in [2.45, 2.75) is 50.8 Å². The highest BCUT2D eigenvalue weighted by Gasteiger charge is 2.32. The molecule has 2 fully saturated rings. The zero-order valence-corrected chi connectivity index (χ0v) is 42.9. The molecule has 2 saturated heterocycles. The molecule has 5 heterocycles. The van der Waals surface area contributed by atoms with Crippen LogP contribution in [-0.4, -0.2) is 119 Å². The lowest BCUT2D eigenvalue weighted by molar-refractivity contribution is -0.138. The van der Waals surface area contributed by atoms with Crippen LogP contribution in [0.1, 0.15) is 62.5 Å². The number of rotatable bonds is 11. The summed E-state index contributed by atoms with van der Waals surface area (Å²) in [5.41, 5.74) is 1.39. The molecule has 25 heteroatoms. The number of halogens is 6. The standard InChI is InChI=1S/C28H28F3N7O3.C24H23F3N4O4S/c1-17-7-8-20(32-25(39)18-5-4-6-19(13-18)28(29,30)31)14-21(17)22-15-24(37-9-11-41-12-10-37)34-26(33-22)38-16-23(35-36-38)27(2,3)40;1-15-6-7-18(28-22(32)16-4-3-5-17(12-16)24(25,26)27)13-19(15)20-14-21(31-8-10-35-11-9-31)30-23(29-20)36(2,33)34/h4-8,13-16,40H,9-12H2,1-3H3,(H,32,39);3-7,12-14H,8-11H2,1-2H3,(H,28,32). The predicted octanol–water partition coefficient (Wildman–Crippen LogP) is 8.33. The van der Waals surface area contributed by atoms with Gasteiger partial charge in [0.1, 0.15) is 22.9 Å². The molecule has 0 unspecified atom stereocenters. The molecule has 3 N–H and O–H groups in total. The summed E-state index contributed by atoms with van der Waals surface area (Å²) in [6, 6.07) is 21.9. The minimum absolute atomic E-state index is 0.116. The van der Waals surface area contributed by atoms with Gasteiger partial charge < -0.3 is 35.0 Å². The van der Waals surface area contributed by atoms with Crippen LogP contribution in [0.5, 0.6) is 0 Å². The minimum Gasteiger partial charge on any atom is -0.384 e. The second-order valence-electron chi connectivity index (χ2n) is 18.5.